The first kappa shape index (κ1) is 17.9. The van der Waals surface area contributed by atoms with E-state index in [9.17, 15) is 4.79 Å². The summed E-state index contributed by atoms with van der Waals surface area (Å²) >= 11 is 5.98. The Morgan fingerprint density at radius 3 is 2.12 bits per heavy atom. The number of ketones is 1. The Labute approximate surface area is 146 Å². The minimum atomic E-state index is -0.108. The minimum absolute atomic E-state index is 0.108. The van der Waals surface area contributed by atoms with Crippen LogP contribution in [0.25, 0.3) is 6.08 Å². The van der Waals surface area contributed by atoms with Gasteiger partial charge >= 0.3 is 0 Å². The van der Waals surface area contributed by atoms with E-state index in [0.29, 0.717) is 27.8 Å². The van der Waals surface area contributed by atoms with E-state index in [1.165, 1.54) is 6.08 Å². The second kappa shape index (κ2) is 7.88. The van der Waals surface area contributed by atoms with Gasteiger partial charge in [-0.15, -0.1) is 0 Å². The van der Waals surface area contributed by atoms with Crippen LogP contribution < -0.4 is 14.2 Å². The topological polar surface area (TPSA) is 44.8 Å². The Kier molecular flexibility index (Phi) is 5.88. The highest BCUT2D eigenvalue weighted by atomic mass is 35.5. The Morgan fingerprint density at radius 2 is 1.62 bits per heavy atom. The lowest BCUT2D eigenvalue weighted by Gasteiger charge is -2.12. The minimum Gasteiger partial charge on any atom is -0.493 e. The Bertz CT molecular complexity index is 756. The van der Waals surface area contributed by atoms with Crippen molar-refractivity contribution in [3.63, 3.8) is 0 Å². The van der Waals surface area contributed by atoms with Gasteiger partial charge in [-0.05, 0) is 54.5 Å². The molecule has 2 aromatic carbocycles. The predicted octanol–water partition coefficient (Wildman–Crippen LogP) is 4.57. The maximum absolute atomic E-state index is 12.3. The molecule has 0 radical (unpaired) electrons. The highest BCUT2D eigenvalue weighted by molar-refractivity contribution is 6.31. The number of ether oxygens (including phenoxy) is 3. The summed E-state index contributed by atoms with van der Waals surface area (Å²) in [5.41, 5.74) is 2.22. The van der Waals surface area contributed by atoms with Crippen molar-refractivity contribution in [1.29, 1.82) is 0 Å². The molecule has 0 aliphatic heterocycles. The fourth-order valence-electron chi connectivity index (χ4n) is 2.26. The molecule has 0 atom stereocenters. The molecule has 2 rings (SSSR count). The number of hydrogen-bond donors (Lipinski definition) is 0. The van der Waals surface area contributed by atoms with Gasteiger partial charge in [-0.25, -0.2) is 0 Å². The molecule has 0 aliphatic rings. The molecule has 0 fully saturated rings. The van der Waals surface area contributed by atoms with Crippen molar-refractivity contribution in [1.82, 2.24) is 0 Å². The predicted molar refractivity (Wildman–Crippen MR) is 95.7 cm³/mol. The molecule has 0 saturated carbocycles. The molecule has 0 aliphatic carbocycles. The van der Waals surface area contributed by atoms with E-state index in [4.69, 9.17) is 25.8 Å². The number of rotatable bonds is 6. The molecule has 0 amide bonds. The van der Waals surface area contributed by atoms with Crippen molar-refractivity contribution in [2.24, 2.45) is 0 Å². The van der Waals surface area contributed by atoms with Gasteiger partial charge in [-0.3, -0.25) is 4.79 Å². The first-order valence-electron chi connectivity index (χ1n) is 7.28. The molecule has 0 heterocycles. The Morgan fingerprint density at radius 1 is 1.00 bits per heavy atom. The Balaban J connectivity index is 2.30. The van der Waals surface area contributed by atoms with Crippen LogP contribution in [0.2, 0.25) is 5.02 Å². The van der Waals surface area contributed by atoms with Gasteiger partial charge in [-0.1, -0.05) is 17.7 Å². The zero-order valence-electron chi connectivity index (χ0n) is 14.1. The summed E-state index contributed by atoms with van der Waals surface area (Å²) in [6, 6.07) is 8.75. The number of hydrogen-bond acceptors (Lipinski definition) is 4. The van der Waals surface area contributed by atoms with E-state index in [1.54, 1.807) is 57.7 Å². The summed E-state index contributed by atoms with van der Waals surface area (Å²) < 4.78 is 15.9. The van der Waals surface area contributed by atoms with Crippen LogP contribution in [0, 0.1) is 6.92 Å². The lowest BCUT2D eigenvalue weighted by molar-refractivity contribution is 0.104. The van der Waals surface area contributed by atoms with Crippen LogP contribution in [-0.4, -0.2) is 27.1 Å². The number of benzene rings is 2. The van der Waals surface area contributed by atoms with Crippen LogP contribution in [0.15, 0.2) is 36.4 Å². The molecule has 0 bridgehead atoms. The van der Waals surface area contributed by atoms with Crippen LogP contribution >= 0.6 is 11.6 Å². The van der Waals surface area contributed by atoms with E-state index in [-0.39, 0.29) is 5.78 Å². The van der Waals surface area contributed by atoms with Gasteiger partial charge in [0.05, 0.1) is 21.3 Å². The normalized spacial score (nSPS) is 10.7. The van der Waals surface area contributed by atoms with Crippen LogP contribution in [0.5, 0.6) is 17.2 Å². The molecule has 4 nitrogen and oxygen atoms in total. The number of carbonyl (C=O) groups is 1. The number of carbonyl (C=O) groups excluding carboxylic acids is 1. The third kappa shape index (κ3) is 3.89. The lowest BCUT2D eigenvalue weighted by Crippen LogP contribution is -1.97. The van der Waals surface area contributed by atoms with Gasteiger partial charge in [0, 0.05) is 10.6 Å². The van der Waals surface area contributed by atoms with Gasteiger partial charge in [-0.2, -0.15) is 0 Å². The molecule has 2 aromatic rings. The highest BCUT2D eigenvalue weighted by Gasteiger charge is 2.12. The number of allylic oxidation sites excluding steroid dienone is 1. The Hall–Kier alpha value is -2.46. The number of halogens is 1. The van der Waals surface area contributed by atoms with Gasteiger partial charge in [0.25, 0.3) is 0 Å². The molecule has 126 valence electrons. The zero-order chi connectivity index (χ0) is 17.7. The fourth-order valence-corrected chi connectivity index (χ4v) is 2.38. The van der Waals surface area contributed by atoms with E-state index in [1.807, 2.05) is 6.92 Å². The van der Waals surface area contributed by atoms with E-state index in [0.717, 1.165) is 11.1 Å². The largest absolute Gasteiger partial charge is 0.493 e. The summed E-state index contributed by atoms with van der Waals surface area (Å²) in [7, 11) is 4.64. The molecule has 0 aromatic heterocycles. The van der Waals surface area contributed by atoms with E-state index < -0.39 is 0 Å². The molecule has 5 heteroatoms. The van der Waals surface area contributed by atoms with E-state index in [2.05, 4.69) is 0 Å². The summed E-state index contributed by atoms with van der Waals surface area (Å²) in [6.07, 6.45) is 3.21. The summed E-state index contributed by atoms with van der Waals surface area (Å²) in [4.78, 5) is 12.3. The summed E-state index contributed by atoms with van der Waals surface area (Å²) in [5.74, 6) is 1.47. The second-order valence-corrected chi connectivity index (χ2v) is 5.53. The number of aryl methyl sites for hydroxylation is 1. The third-order valence-corrected chi connectivity index (χ3v) is 3.98. The molecule has 24 heavy (non-hydrogen) atoms. The van der Waals surface area contributed by atoms with Crippen LogP contribution in [0.1, 0.15) is 21.5 Å². The zero-order valence-corrected chi connectivity index (χ0v) is 14.8. The SMILES string of the molecule is COc1cc(/C=C/C(=O)c2ccc(Cl)c(C)c2)cc(OC)c1OC. The van der Waals surface area contributed by atoms with Crippen LogP contribution in [0.3, 0.4) is 0 Å². The molecular formula is C19H19ClO4. The van der Waals surface area contributed by atoms with E-state index >= 15 is 0 Å². The summed E-state index contributed by atoms with van der Waals surface area (Å²) in [5, 5.41) is 0.639. The molecule has 0 N–H and O–H groups in total. The average Bonchev–Trinajstić information content (AvgIpc) is 2.60. The standard InChI is InChI=1S/C19H19ClO4/c1-12-9-14(6-7-15(12)20)16(21)8-5-13-10-17(22-2)19(24-4)18(11-13)23-3/h5-11H,1-4H3/b8-5+. The smallest absolute Gasteiger partial charge is 0.203 e. The van der Waals surface area contributed by atoms with Gasteiger partial charge in [0.15, 0.2) is 17.3 Å². The third-order valence-electron chi connectivity index (χ3n) is 3.56. The molecule has 0 unspecified atom stereocenters. The maximum atomic E-state index is 12.3. The first-order chi connectivity index (χ1) is 11.5. The molecule has 0 saturated heterocycles. The lowest BCUT2D eigenvalue weighted by atomic mass is 10.1. The monoisotopic (exact) mass is 346 g/mol. The number of methoxy groups -OCH3 is 3. The average molecular weight is 347 g/mol. The molecule has 0 spiro atoms. The van der Waals surface area contributed by atoms with Crippen LogP contribution in [0.4, 0.5) is 0 Å². The van der Waals surface area contributed by atoms with Gasteiger partial charge in [0.1, 0.15) is 0 Å². The fraction of sp³-hybridized carbons (Fsp3) is 0.211. The van der Waals surface area contributed by atoms with Gasteiger partial charge < -0.3 is 14.2 Å². The molecular weight excluding hydrogens is 328 g/mol. The van der Waals surface area contributed by atoms with Crippen molar-refractivity contribution in [2.75, 3.05) is 21.3 Å². The highest BCUT2D eigenvalue weighted by Crippen LogP contribution is 2.38. The quantitative estimate of drug-likeness (QED) is 0.567. The maximum Gasteiger partial charge on any atom is 0.203 e. The van der Waals surface area contributed by atoms with Crippen LogP contribution in [-0.2, 0) is 0 Å². The van der Waals surface area contributed by atoms with Crippen molar-refractivity contribution >= 4 is 23.5 Å². The van der Waals surface area contributed by atoms with Gasteiger partial charge in [0.2, 0.25) is 5.75 Å². The van der Waals surface area contributed by atoms with Crippen molar-refractivity contribution < 1.29 is 19.0 Å². The first-order valence-corrected chi connectivity index (χ1v) is 7.66. The summed E-state index contributed by atoms with van der Waals surface area (Å²) in [6.45, 7) is 1.86. The van der Waals surface area contributed by atoms with Crippen molar-refractivity contribution in [3.8, 4) is 17.2 Å². The van der Waals surface area contributed by atoms with Crippen molar-refractivity contribution in [2.45, 2.75) is 6.92 Å². The second-order valence-electron chi connectivity index (χ2n) is 5.12. The van der Waals surface area contributed by atoms with Crippen molar-refractivity contribution in [3.05, 3.63) is 58.1 Å².